The van der Waals surface area contributed by atoms with Gasteiger partial charge in [0.25, 0.3) is 11.8 Å². The summed E-state index contributed by atoms with van der Waals surface area (Å²) in [4.78, 5) is 26.2. The Morgan fingerprint density at radius 3 is 2.65 bits per heavy atom. The van der Waals surface area contributed by atoms with Crippen molar-refractivity contribution in [2.75, 3.05) is 26.7 Å². The fraction of sp³-hybridized carbons (Fsp3) is 0.368. The van der Waals surface area contributed by atoms with E-state index in [0.29, 0.717) is 25.2 Å². The summed E-state index contributed by atoms with van der Waals surface area (Å²) in [6, 6.07) is 5.79. The van der Waals surface area contributed by atoms with Crippen LogP contribution in [0.25, 0.3) is 0 Å². The van der Waals surface area contributed by atoms with Gasteiger partial charge in [-0.1, -0.05) is 0 Å². The fourth-order valence-electron chi connectivity index (χ4n) is 3.06. The first-order chi connectivity index (χ1) is 12.6. The van der Waals surface area contributed by atoms with E-state index < -0.39 is 5.82 Å². The molecule has 1 saturated heterocycles. The lowest BCUT2D eigenvalue weighted by Crippen LogP contribution is -2.41. The van der Waals surface area contributed by atoms with Gasteiger partial charge in [0.15, 0.2) is 11.6 Å². The third-order valence-corrected chi connectivity index (χ3v) is 4.64. The maximum Gasteiger partial charge on any atom is 0.257 e. The summed E-state index contributed by atoms with van der Waals surface area (Å²) >= 11 is 0. The van der Waals surface area contributed by atoms with E-state index in [4.69, 9.17) is 9.15 Å². The highest BCUT2D eigenvalue weighted by atomic mass is 19.1. The minimum absolute atomic E-state index is 0.0325. The van der Waals surface area contributed by atoms with Crippen LogP contribution in [0.4, 0.5) is 4.39 Å². The quantitative estimate of drug-likeness (QED) is 0.890. The van der Waals surface area contributed by atoms with Crippen LogP contribution in [-0.2, 0) is 0 Å². The van der Waals surface area contributed by atoms with Gasteiger partial charge in [0.05, 0.1) is 18.9 Å². The van der Waals surface area contributed by atoms with Crippen molar-refractivity contribution < 1.29 is 23.1 Å². The largest absolute Gasteiger partial charge is 0.494 e. The molecule has 0 atom stereocenters. The van der Waals surface area contributed by atoms with Crippen molar-refractivity contribution in [3.8, 4) is 5.75 Å². The molecular formula is C19H21FN2O4. The number of rotatable bonds is 5. The molecule has 1 N–H and O–H groups in total. The van der Waals surface area contributed by atoms with Crippen LogP contribution in [0.3, 0.4) is 0 Å². The number of benzene rings is 1. The van der Waals surface area contributed by atoms with Crippen LogP contribution in [0.1, 0.15) is 33.6 Å². The minimum atomic E-state index is -0.564. The molecule has 0 unspecified atom stereocenters. The minimum Gasteiger partial charge on any atom is -0.494 e. The first-order valence-electron chi connectivity index (χ1n) is 8.51. The number of amides is 2. The number of carbonyl (C=O) groups excluding carboxylic acids is 2. The summed E-state index contributed by atoms with van der Waals surface area (Å²) < 4.78 is 23.5. The van der Waals surface area contributed by atoms with Crippen molar-refractivity contribution in [1.82, 2.24) is 10.2 Å². The van der Waals surface area contributed by atoms with Crippen LogP contribution in [0.15, 0.2) is 41.2 Å². The predicted octanol–water partition coefficient (Wildman–Crippen LogP) is 2.71. The number of hydrogen-bond donors (Lipinski definition) is 1. The Morgan fingerprint density at radius 1 is 1.27 bits per heavy atom. The van der Waals surface area contributed by atoms with Crippen LogP contribution in [0.2, 0.25) is 0 Å². The summed E-state index contributed by atoms with van der Waals surface area (Å²) in [5, 5.41) is 2.84. The highest BCUT2D eigenvalue weighted by Crippen LogP contribution is 2.20. The van der Waals surface area contributed by atoms with Gasteiger partial charge in [0, 0.05) is 25.2 Å². The van der Waals surface area contributed by atoms with Gasteiger partial charge in [0.2, 0.25) is 0 Å². The molecule has 7 heteroatoms. The number of carbonyl (C=O) groups is 2. The molecule has 1 aliphatic rings. The Hall–Kier alpha value is -2.83. The number of hydrogen-bond acceptors (Lipinski definition) is 4. The first kappa shape index (κ1) is 18.0. The lowest BCUT2D eigenvalue weighted by atomic mass is 9.96. The lowest BCUT2D eigenvalue weighted by Gasteiger charge is -2.31. The van der Waals surface area contributed by atoms with Gasteiger partial charge < -0.3 is 19.4 Å². The summed E-state index contributed by atoms with van der Waals surface area (Å²) in [5.41, 5.74) is 0.814. The second-order valence-corrected chi connectivity index (χ2v) is 6.31. The van der Waals surface area contributed by atoms with E-state index in [-0.39, 0.29) is 29.0 Å². The van der Waals surface area contributed by atoms with Crippen LogP contribution < -0.4 is 10.1 Å². The number of halogens is 1. The van der Waals surface area contributed by atoms with Crippen molar-refractivity contribution in [3.63, 3.8) is 0 Å². The smallest absolute Gasteiger partial charge is 0.257 e. The Balaban J connectivity index is 1.47. The topological polar surface area (TPSA) is 71.8 Å². The third kappa shape index (κ3) is 4.04. The number of likely N-dealkylation sites (tertiary alicyclic amines) is 1. The highest BCUT2D eigenvalue weighted by molar-refractivity contribution is 5.94. The second kappa shape index (κ2) is 8.03. The zero-order valence-corrected chi connectivity index (χ0v) is 14.5. The maximum atomic E-state index is 13.7. The predicted molar refractivity (Wildman–Crippen MR) is 92.6 cm³/mol. The van der Waals surface area contributed by atoms with Gasteiger partial charge in [-0.25, -0.2) is 4.39 Å². The molecule has 1 aromatic carbocycles. The van der Waals surface area contributed by atoms with Crippen LogP contribution in [0, 0.1) is 11.7 Å². The molecule has 0 aliphatic carbocycles. The van der Waals surface area contributed by atoms with Crippen LogP contribution in [-0.4, -0.2) is 43.5 Å². The average Bonchev–Trinajstić information content (AvgIpc) is 3.20. The summed E-state index contributed by atoms with van der Waals surface area (Å²) in [7, 11) is 1.38. The van der Waals surface area contributed by atoms with E-state index in [1.807, 2.05) is 0 Å². The van der Waals surface area contributed by atoms with Gasteiger partial charge in [-0.05, 0) is 43.0 Å². The normalized spacial score (nSPS) is 14.9. The molecule has 0 spiro atoms. The van der Waals surface area contributed by atoms with Gasteiger partial charge in [0.1, 0.15) is 6.26 Å². The number of ether oxygens (including phenoxy) is 1. The molecule has 0 saturated carbocycles. The van der Waals surface area contributed by atoms with Crippen LogP contribution >= 0.6 is 0 Å². The first-order valence-corrected chi connectivity index (χ1v) is 8.51. The van der Waals surface area contributed by atoms with Gasteiger partial charge in [-0.15, -0.1) is 0 Å². The molecule has 1 aromatic heterocycles. The number of nitrogens with zero attached hydrogens (tertiary/aromatic N) is 1. The molecule has 2 amide bonds. The molecular weight excluding hydrogens is 339 g/mol. The highest BCUT2D eigenvalue weighted by Gasteiger charge is 2.24. The molecule has 2 aromatic rings. The Morgan fingerprint density at radius 2 is 2.04 bits per heavy atom. The molecule has 0 radical (unpaired) electrons. The molecule has 3 rings (SSSR count). The van der Waals surface area contributed by atoms with E-state index in [9.17, 15) is 14.0 Å². The average molecular weight is 360 g/mol. The van der Waals surface area contributed by atoms with E-state index >= 15 is 0 Å². The molecule has 0 bridgehead atoms. The van der Waals surface area contributed by atoms with Crippen LogP contribution in [0.5, 0.6) is 5.75 Å². The molecule has 2 heterocycles. The van der Waals surface area contributed by atoms with E-state index in [0.717, 1.165) is 12.8 Å². The van der Waals surface area contributed by atoms with Crippen molar-refractivity contribution in [2.24, 2.45) is 5.92 Å². The number of nitrogens with one attached hydrogen (secondary N) is 1. The zero-order chi connectivity index (χ0) is 18.5. The second-order valence-electron chi connectivity index (χ2n) is 6.31. The maximum absolute atomic E-state index is 13.7. The number of piperidine rings is 1. The molecule has 6 nitrogen and oxygen atoms in total. The number of furan rings is 1. The summed E-state index contributed by atoms with van der Waals surface area (Å²) in [6.45, 7) is 1.78. The zero-order valence-electron chi connectivity index (χ0n) is 14.5. The molecule has 1 aliphatic heterocycles. The standard InChI is InChI=1S/C19H21FN2O4/c1-25-17-3-2-14(10-16(17)20)18(23)21-11-13-4-7-22(8-5-13)19(24)15-6-9-26-12-15/h2-3,6,9-10,12-13H,4-5,7-8,11H2,1H3,(H,21,23). The Kier molecular flexibility index (Phi) is 5.55. The van der Waals surface area contributed by atoms with Crippen molar-refractivity contribution in [2.45, 2.75) is 12.8 Å². The monoisotopic (exact) mass is 360 g/mol. The van der Waals surface area contributed by atoms with E-state index in [1.54, 1.807) is 11.0 Å². The fourth-order valence-corrected chi connectivity index (χ4v) is 3.06. The molecule has 26 heavy (non-hydrogen) atoms. The van der Waals surface area contributed by atoms with E-state index in [2.05, 4.69) is 5.32 Å². The van der Waals surface area contributed by atoms with Gasteiger partial charge in [-0.3, -0.25) is 9.59 Å². The summed E-state index contributed by atoms with van der Waals surface area (Å²) in [5.74, 6) is -0.517. The van der Waals surface area contributed by atoms with Crippen molar-refractivity contribution >= 4 is 11.8 Å². The molecule has 138 valence electrons. The molecule has 1 fully saturated rings. The van der Waals surface area contributed by atoms with Gasteiger partial charge >= 0.3 is 0 Å². The Labute approximate surface area is 150 Å². The van der Waals surface area contributed by atoms with Crippen molar-refractivity contribution in [3.05, 3.63) is 53.7 Å². The lowest BCUT2D eigenvalue weighted by molar-refractivity contribution is 0.0683. The SMILES string of the molecule is COc1ccc(C(=O)NCC2CCN(C(=O)c3ccoc3)CC2)cc1F. The third-order valence-electron chi connectivity index (χ3n) is 4.64. The van der Waals surface area contributed by atoms with E-state index in [1.165, 1.54) is 37.8 Å². The van der Waals surface area contributed by atoms with Gasteiger partial charge in [-0.2, -0.15) is 0 Å². The Bertz CT molecular complexity index is 768. The van der Waals surface area contributed by atoms with Crippen molar-refractivity contribution in [1.29, 1.82) is 0 Å². The summed E-state index contributed by atoms with van der Waals surface area (Å²) in [6.07, 6.45) is 4.54. The number of methoxy groups -OCH3 is 1.